The summed E-state index contributed by atoms with van der Waals surface area (Å²) < 4.78 is 5.98. The SMILES string of the molecule is Cc1nc(Oc2ccccc2)c(I)c(=O)[nH]1. The molecule has 2 aromatic rings. The van der Waals surface area contributed by atoms with Crippen LogP contribution in [0.4, 0.5) is 0 Å². The van der Waals surface area contributed by atoms with Crippen molar-refractivity contribution in [3.8, 4) is 11.6 Å². The zero-order valence-electron chi connectivity index (χ0n) is 8.53. The van der Waals surface area contributed by atoms with Crippen LogP contribution in [0, 0.1) is 10.5 Å². The van der Waals surface area contributed by atoms with Crippen molar-refractivity contribution in [2.24, 2.45) is 0 Å². The molecule has 0 aliphatic heterocycles. The molecule has 0 fully saturated rings. The second-order valence-corrected chi connectivity index (χ2v) is 4.26. The fourth-order valence-corrected chi connectivity index (χ4v) is 1.58. The molecule has 0 saturated heterocycles. The first-order chi connectivity index (χ1) is 7.66. The maximum absolute atomic E-state index is 11.5. The summed E-state index contributed by atoms with van der Waals surface area (Å²) in [4.78, 5) is 18.2. The van der Waals surface area contributed by atoms with Gasteiger partial charge in [-0.3, -0.25) is 4.79 Å². The van der Waals surface area contributed by atoms with Crippen LogP contribution in [-0.2, 0) is 0 Å². The van der Waals surface area contributed by atoms with Gasteiger partial charge in [-0.25, -0.2) is 0 Å². The number of halogens is 1. The number of hydrogen-bond acceptors (Lipinski definition) is 3. The summed E-state index contributed by atoms with van der Waals surface area (Å²) in [6.45, 7) is 1.72. The van der Waals surface area contributed by atoms with Crippen LogP contribution in [0.5, 0.6) is 11.6 Å². The number of benzene rings is 1. The molecule has 2 rings (SSSR count). The molecule has 16 heavy (non-hydrogen) atoms. The third-order valence-electron chi connectivity index (χ3n) is 1.91. The Morgan fingerprint density at radius 2 is 2.00 bits per heavy atom. The number of nitrogens with zero attached hydrogens (tertiary/aromatic N) is 1. The van der Waals surface area contributed by atoms with Gasteiger partial charge in [0, 0.05) is 0 Å². The van der Waals surface area contributed by atoms with Crippen LogP contribution >= 0.6 is 22.6 Å². The summed E-state index contributed by atoms with van der Waals surface area (Å²) in [6.07, 6.45) is 0. The minimum Gasteiger partial charge on any atom is -0.438 e. The van der Waals surface area contributed by atoms with Crippen LogP contribution in [0.2, 0.25) is 0 Å². The molecular weight excluding hydrogens is 319 g/mol. The normalized spacial score (nSPS) is 10.1. The summed E-state index contributed by atoms with van der Waals surface area (Å²) in [7, 11) is 0. The van der Waals surface area contributed by atoms with Gasteiger partial charge in [0.1, 0.15) is 15.1 Å². The van der Waals surface area contributed by atoms with Crippen LogP contribution in [0.3, 0.4) is 0 Å². The molecule has 0 amide bonds. The third-order valence-corrected chi connectivity index (χ3v) is 2.86. The van der Waals surface area contributed by atoms with Crippen LogP contribution in [0.1, 0.15) is 5.82 Å². The molecule has 1 N–H and O–H groups in total. The average Bonchev–Trinajstić information content (AvgIpc) is 2.27. The number of aryl methyl sites for hydroxylation is 1. The lowest BCUT2D eigenvalue weighted by Crippen LogP contribution is -2.14. The predicted octanol–water partition coefficient (Wildman–Crippen LogP) is 2.48. The fourth-order valence-electron chi connectivity index (χ4n) is 1.21. The average molecular weight is 328 g/mol. The first-order valence-corrected chi connectivity index (χ1v) is 5.74. The molecule has 0 bridgehead atoms. The van der Waals surface area contributed by atoms with Gasteiger partial charge < -0.3 is 9.72 Å². The van der Waals surface area contributed by atoms with E-state index in [1.54, 1.807) is 6.92 Å². The number of para-hydroxylation sites is 1. The highest BCUT2D eigenvalue weighted by Crippen LogP contribution is 2.21. The topological polar surface area (TPSA) is 55.0 Å². The number of nitrogens with one attached hydrogen (secondary N) is 1. The van der Waals surface area contributed by atoms with Crippen LogP contribution in [0.15, 0.2) is 35.1 Å². The summed E-state index contributed by atoms with van der Waals surface area (Å²) in [6, 6.07) is 9.25. The van der Waals surface area contributed by atoms with Crippen molar-refractivity contribution in [3.05, 3.63) is 50.1 Å². The first kappa shape index (κ1) is 11.1. The van der Waals surface area contributed by atoms with E-state index in [-0.39, 0.29) is 5.56 Å². The third kappa shape index (κ3) is 2.41. The molecule has 1 aromatic carbocycles. The molecule has 0 radical (unpaired) electrons. The van der Waals surface area contributed by atoms with Crippen molar-refractivity contribution in [3.63, 3.8) is 0 Å². The monoisotopic (exact) mass is 328 g/mol. The van der Waals surface area contributed by atoms with Crippen LogP contribution in [-0.4, -0.2) is 9.97 Å². The molecule has 4 nitrogen and oxygen atoms in total. The van der Waals surface area contributed by atoms with Crippen molar-refractivity contribution in [1.82, 2.24) is 9.97 Å². The Bertz CT molecular complexity index is 552. The minimum atomic E-state index is -0.181. The van der Waals surface area contributed by atoms with Gasteiger partial charge in [0.15, 0.2) is 0 Å². The molecule has 82 valence electrons. The second-order valence-electron chi connectivity index (χ2n) is 3.19. The van der Waals surface area contributed by atoms with Crippen molar-refractivity contribution < 1.29 is 4.74 Å². The van der Waals surface area contributed by atoms with E-state index in [0.29, 0.717) is 21.0 Å². The molecule has 0 aliphatic carbocycles. The van der Waals surface area contributed by atoms with Crippen molar-refractivity contribution >= 4 is 22.6 Å². The van der Waals surface area contributed by atoms with Crippen molar-refractivity contribution in [1.29, 1.82) is 0 Å². The maximum atomic E-state index is 11.5. The van der Waals surface area contributed by atoms with Crippen molar-refractivity contribution in [2.45, 2.75) is 6.92 Å². The van der Waals surface area contributed by atoms with Gasteiger partial charge in [-0.1, -0.05) is 18.2 Å². The quantitative estimate of drug-likeness (QED) is 0.862. The van der Waals surface area contributed by atoms with Gasteiger partial charge in [-0.15, -0.1) is 0 Å². The Kier molecular flexibility index (Phi) is 3.23. The number of aromatic nitrogens is 2. The van der Waals surface area contributed by atoms with E-state index >= 15 is 0 Å². The standard InChI is InChI=1S/C11H9IN2O2/c1-7-13-10(15)9(12)11(14-7)16-8-5-3-2-4-6-8/h2-6H,1H3,(H,13,14,15). The van der Waals surface area contributed by atoms with Gasteiger partial charge in [0.25, 0.3) is 5.56 Å². The molecule has 0 saturated carbocycles. The molecule has 0 spiro atoms. The Hall–Kier alpha value is -1.37. The highest BCUT2D eigenvalue weighted by atomic mass is 127. The summed E-state index contributed by atoms with van der Waals surface area (Å²) in [5.41, 5.74) is -0.181. The minimum absolute atomic E-state index is 0.181. The number of ether oxygens (including phenoxy) is 1. The highest BCUT2D eigenvalue weighted by Gasteiger charge is 2.09. The first-order valence-electron chi connectivity index (χ1n) is 4.66. The van der Waals surface area contributed by atoms with E-state index in [2.05, 4.69) is 9.97 Å². The van der Waals surface area contributed by atoms with Gasteiger partial charge in [-0.2, -0.15) is 4.98 Å². The number of rotatable bonds is 2. The van der Waals surface area contributed by atoms with E-state index in [1.165, 1.54) is 0 Å². The van der Waals surface area contributed by atoms with Gasteiger partial charge >= 0.3 is 0 Å². The largest absolute Gasteiger partial charge is 0.438 e. The predicted molar refractivity (Wildman–Crippen MR) is 68.8 cm³/mol. The Morgan fingerprint density at radius 3 is 2.69 bits per heavy atom. The molecule has 0 atom stereocenters. The second kappa shape index (κ2) is 4.65. The van der Waals surface area contributed by atoms with Gasteiger partial charge in [0.05, 0.1) is 0 Å². The zero-order valence-corrected chi connectivity index (χ0v) is 10.7. The molecule has 0 aliphatic rings. The number of hydrogen-bond donors (Lipinski definition) is 1. The smallest absolute Gasteiger partial charge is 0.268 e. The molecule has 5 heteroatoms. The molecular formula is C11H9IN2O2. The Morgan fingerprint density at radius 1 is 1.31 bits per heavy atom. The van der Waals surface area contributed by atoms with E-state index < -0.39 is 0 Å². The molecule has 0 unspecified atom stereocenters. The summed E-state index contributed by atoms with van der Waals surface area (Å²) in [5.74, 6) is 1.54. The number of H-pyrrole nitrogens is 1. The van der Waals surface area contributed by atoms with Gasteiger partial charge in [-0.05, 0) is 41.6 Å². The number of aromatic amines is 1. The van der Waals surface area contributed by atoms with E-state index in [4.69, 9.17) is 4.74 Å². The summed E-state index contributed by atoms with van der Waals surface area (Å²) in [5, 5.41) is 0. The van der Waals surface area contributed by atoms with Gasteiger partial charge in [0.2, 0.25) is 5.88 Å². The summed E-state index contributed by atoms with van der Waals surface area (Å²) >= 11 is 1.92. The molecule has 1 heterocycles. The maximum Gasteiger partial charge on any atom is 0.268 e. The molecule has 1 aromatic heterocycles. The van der Waals surface area contributed by atoms with E-state index in [1.807, 2.05) is 52.9 Å². The van der Waals surface area contributed by atoms with Crippen molar-refractivity contribution in [2.75, 3.05) is 0 Å². The van der Waals surface area contributed by atoms with E-state index in [0.717, 1.165) is 0 Å². The lowest BCUT2D eigenvalue weighted by molar-refractivity contribution is 0.454. The zero-order chi connectivity index (χ0) is 11.5. The Balaban J connectivity index is 2.39. The van der Waals surface area contributed by atoms with Crippen LogP contribution in [0.25, 0.3) is 0 Å². The van der Waals surface area contributed by atoms with E-state index in [9.17, 15) is 4.79 Å². The highest BCUT2D eigenvalue weighted by molar-refractivity contribution is 14.1. The lowest BCUT2D eigenvalue weighted by atomic mass is 10.3. The fraction of sp³-hybridized carbons (Fsp3) is 0.0909. The Labute approximate surface area is 106 Å². The van der Waals surface area contributed by atoms with Crippen LogP contribution < -0.4 is 10.3 Å². The lowest BCUT2D eigenvalue weighted by Gasteiger charge is -2.06.